The van der Waals surface area contributed by atoms with E-state index in [-0.39, 0.29) is 17.6 Å². The van der Waals surface area contributed by atoms with E-state index in [2.05, 4.69) is 4.57 Å². The third-order valence-corrected chi connectivity index (χ3v) is 5.94. The number of anilines is 1. The van der Waals surface area contributed by atoms with E-state index >= 15 is 0 Å². The summed E-state index contributed by atoms with van der Waals surface area (Å²) in [5.41, 5.74) is 2.46. The zero-order chi connectivity index (χ0) is 22.8. The number of fused-ring (bicyclic) bond motifs is 1. The molecular formula is C26H24FN3O3. The molecule has 1 amide bonds. The second kappa shape index (κ2) is 8.94. The number of hydrogen-bond acceptors (Lipinski definition) is 4. The van der Waals surface area contributed by atoms with Crippen LogP contribution in [0.1, 0.15) is 18.2 Å². The SMILES string of the molecule is COc1ccc(OCCn2c(C3CC(=O)N(c4cccc(F)c4)C3)nc3ccccc32)cc1. The van der Waals surface area contributed by atoms with E-state index in [1.807, 2.05) is 48.5 Å². The van der Waals surface area contributed by atoms with E-state index in [4.69, 9.17) is 14.5 Å². The molecule has 6 nitrogen and oxygen atoms in total. The van der Waals surface area contributed by atoms with E-state index in [9.17, 15) is 9.18 Å². The summed E-state index contributed by atoms with van der Waals surface area (Å²) in [5.74, 6) is 1.91. The maximum Gasteiger partial charge on any atom is 0.227 e. The van der Waals surface area contributed by atoms with Crippen LogP contribution in [0.25, 0.3) is 11.0 Å². The molecule has 4 aromatic rings. The number of carbonyl (C=O) groups excluding carboxylic acids is 1. The molecule has 168 valence electrons. The lowest BCUT2D eigenvalue weighted by Gasteiger charge is -2.17. The van der Waals surface area contributed by atoms with E-state index in [1.165, 1.54) is 12.1 Å². The molecule has 3 aromatic carbocycles. The molecule has 5 rings (SSSR count). The fourth-order valence-electron chi connectivity index (χ4n) is 4.34. The van der Waals surface area contributed by atoms with Gasteiger partial charge in [0.15, 0.2) is 0 Å². The first kappa shape index (κ1) is 21.0. The minimum Gasteiger partial charge on any atom is -0.497 e. The minimum atomic E-state index is -0.355. The van der Waals surface area contributed by atoms with E-state index in [0.29, 0.717) is 31.8 Å². The molecule has 0 N–H and O–H groups in total. The molecule has 0 bridgehead atoms. The van der Waals surface area contributed by atoms with Crippen LogP contribution in [0, 0.1) is 5.82 Å². The van der Waals surface area contributed by atoms with Gasteiger partial charge in [0.1, 0.15) is 29.7 Å². The van der Waals surface area contributed by atoms with Crippen molar-refractivity contribution in [2.45, 2.75) is 18.9 Å². The smallest absolute Gasteiger partial charge is 0.227 e. The Morgan fingerprint density at radius 2 is 1.82 bits per heavy atom. The molecular weight excluding hydrogens is 421 g/mol. The summed E-state index contributed by atoms with van der Waals surface area (Å²) < 4.78 is 27.0. The first-order valence-corrected chi connectivity index (χ1v) is 10.9. The van der Waals surface area contributed by atoms with Crippen LogP contribution in [0.15, 0.2) is 72.8 Å². The fraction of sp³-hybridized carbons (Fsp3) is 0.231. The highest BCUT2D eigenvalue weighted by Crippen LogP contribution is 2.33. The Hall–Kier alpha value is -3.87. The average Bonchev–Trinajstić information content (AvgIpc) is 3.40. The molecule has 2 heterocycles. The molecule has 1 atom stereocenters. The number of ether oxygens (including phenoxy) is 2. The molecule has 33 heavy (non-hydrogen) atoms. The maximum atomic E-state index is 13.7. The summed E-state index contributed by atoms with van der Waals surface area (Å²) in [6, 6.07) is 21.6. The van der Waals surface area contributed by atoms with Crippen LogP contribution in [-0.4, -0.2) is 35.7 Å². The predicted octanol–water partition coefficient (Wildman–Crippen LogP) is 4.78. The number of imidazole rings is 1. The van der Waals surface area contributed by atoms with Crippen LogP contribution in [0.4, 0.5) is 10.1 Å². The number of aromatic nitrogens is 2. The fourth-order valence-corrected chi connectivity index (χ4v) is 4.34. The van der Waals surface area contributed by atoms with Gasteiger partial charge >= 0.3 is 0 Å². The van der Waals surface area contributed by atoms with Crippen molar-refractivity contribution >= 4 is 22.6 Å². The summed E-state index contributed by atoms with van der Waals surface area (Å²) in [6.07, 6.45) is 0.333. The molecule has 1 aliphatic heterocycles. The number of nitrogens with zero attached hydrogens (tertiary/aromatic N) is 3. The summed E-state index contributed by atoms with van der Waals surface area (Å²) in [7, 11) is 1.63. The van der Waals surface area contributed by atoms with Gasteiger partial charge in [-0.25, -0.2) is 9.37 Å². The van der Waals surface area contributed by atoms with Gasteiger partial charge in [0.2, 0.25) is 5.91 Å². The van der Waals surface area contributed by atoms with Crippen LogP contribution < -0.4 is 14.4 Å². The molecule has 0 aliphatic carbocycles. The summed E-state index contributed by atoms with van der Waals surface area (Å²) in [5, 5.41) is 0. The van der Waals surface area contributed by atoms with Crippen molar-refractivity contribution in [3.05, 3.63) is 84.4 Å². The monoisotopic (exact) mass is 445 g/mol. The van der Waals surface area contributed by atoms with Crippen LogP contribution >= 0.6 is 0 Å². The molecule has 1 saturated heterocycles. The van der Waals surface area contributed by atoms with Gasteiger partial charge in [-0.2, -0.15) is 0 Å². The van der Waals surface area contributed by atoms with Gasteiger partial charge in [-0.05, 0) is 54.6 Å². The van der Waals surface area contributed by atoms with Gasteiger partial charge in [-0.15, -0.1) is 0 Å². The summed E-state index contributed by atoms with van der Waals surface area (Å²) >= 11 is 0. The van der Waals surface area contributed by atoms with Gasteiger partial charge in [0, 0.05) is 24.6 Å². The summed E-state index contributed by atoms with van der Waals surface area (Å²) in [6.45, 7) is 1.51. The number of methoxy groups -OCH3 is 1. The molecule has 1 aromatic heterocycles. The van der Waals surface area contributed by atoms with Gasteiger partial charge < -0.3 is 18.9 Å². The topological polar surface area (TPSA) is 56.6 Å². The Morgan fingerprint density at radius 1 is 1.03 bits per heavy atom. The third-order valence-electron chi connectivity index (χ3n) is 5.94. The van der Waals surface area contributed by atoms with Crippen LogP contribution in [0.2, 0.25) is 0 Å². The summed E-state index contributed by atoms with van der Waals surface area (Å²) in [4.78, 5) is 19.3. The van der Waals surface area contributed by atoms with Crippen molar-refractivity contribution < 1.29 is 18.7 Å². The normalized spacial score (nSPS) is 15.9. The first-order chi connectivity index (χ1) is 16.1. The average molecular weight is 445 g/mol. The van der Waals surface area contributed by atoms with E-state index in [1.54, 1.807) is 24.1 Å². The molecule has 1 unspecified atom stereocenters. The van der Waals surface area contributed by atoms with Crippen molar-refractivity contribution in [2.24, 2.45) is 0 Å². The molecule has 0 saturated carbocycles. The lowest BCUT2D eigenvalue weighted by atomic mass is 10.1. The van der Waals surface area contributed by atoms with Crippen LogP contribution in [0.5, 0.6) is 11.5 Å². The first-order valence-electron chi connectivity index (χ1n) is 10.9. The number of benzene rings is 3. The van der Waals surface area contributed by atoms with Crippen molar-refractivity contribution in [3.63, 3.8) is 0 Å². The van der Waals surface area contributed by atoms with Gasteiger partial charge in [-0.3, -0.25) is 4.79 Å². The standard InChI is InChI=1S/C26H24FN3O3/c1-32-21-9-11-22(12-10-21)33-14-13-29-24-8-3-2-7-23(24)28-26(29)18-15-25(31)30(17-18)20-6-4-5-19(27)16-20/h2-12,16,18H,13-15,17H2,1H3. The Labute approximate surface area is 191 Å². The Kier molecular flexibility index (Phi) is 5.69. The molecule has 0 spiro atoms. The van der Waals surface area contributed by atoms with Crippen molar-refractivity contribution in [1.29, 1.82) is 0 Å². The zero-order valence-corrected chi connectivity index (χ0v) is 18.3. The number of para-hydroxylation sites is 2. The van der Waals surface area contributed by atoms with Gasteiger partial charge in [0.05, 0.1) is 24.7 Å². The zero-order valence-electron chi connectivity index (χ0n) is 18.3. The highest BCUT2D eigenvalue weighted by atomic mass is 19.1. The second-order valence-electron chi connectivity index (χ2n) is 8.02. The van der Waals surface area contributed by atoms with Gasteiger partial charge in [0.25, 0.3) is 0 Å². The third kappa shape index (κ3) is 4.26. The van der Waals surface area contributed by atoms with Crippen molar-refractivity contribution in [1.82, 2.24) is 9.55 Å². The quantitative estimate of drug-likeness (QED) is 0.411. The number of halogens is 1. The minimum absolute atomic E-state index is 0.0290. The Morgan fingerprint density at radius 3 is 2.61 bits per heavy atom. The molecule has 0 radical (unpaired) electrons. The predicted molar refractivity (Wildman–Crippen MR) is 124 cm³/mol. The van der Waals surface area contributed by atoms with Crippen LogP contribution in [-0.2, 0) is 11.3 Å². The highest BCUT2D eigenvalue weighted by Gasteiger charge is 2.35. The second-order valence-corrected chi connectivity index (χ2v) is 8.02. The maximum absolute atomic E-state index is 13.7. The lowest BCUT2D eigenvalue weighted by molar-refractivity contribution is -0.117. The Balaban J connectivity index is 1.38. The highest BCUT2D eigenvalue weighted by molar-refractivity contribution is 5.96. The molecule has 7 heteroatoms. The molecule has 1 fully saturated rings. The Bertz CT molecular complexity index is 1290. The largest absolute Gasteiger partial charge is 0.497 e. The van der Waals surface area contributed by atoms with Crippen molar-refractivity contribution in [3.8, 4) is 11.5 Å². The number of rotatable bonds is 7. The van der Waals surface area contributed by atoms with Gasteiger partial charge in [-0.1, -0.05) is 18.2 Å². The van der Waals surface area contributed by atoms with Crippen molar-refractivity contribution in [2.75, 3.05) is 25.2 Å². The van der Waals surface area contributed by atoms with E-state index < -0.39 is 0 Å². The van der Waals surface area contributed by atoms with E-state index in [0.717, 1.165) is 28.4 Å². The lowest BCUT2D eigenvalue weighted by Crippen LogP contribution is -2.24. The number of hydrogen-bond donors (Lipinski definition) is 0. The molecule has 1 aliphatic rings. The number of carbonyl (C=O) groups is 1. The number of amides is 1. The van der Waals surface area contributed by atoms with Crippen LogP contribution in [0.3, 0.4) is 0 Å².